The number of carboxylic acid groups (broad SMARTS) is 1. The third-order valence-corrected chi connectivity index (χ3v) is 2.62. The third-order valence-electron chi connectivity index (χ3n) is 2.62. The number of benzene rings is 2. The van der Waals surface area contributed by atoms with Gasteiger partial charge in [-0.25, -0.2) is 4.79 Å². The van der Waals surface area contributed by atoms with Gasteiger partial charge in [-0.3, -0.25) is 0 Å². The fourth-order valence-corrected chi connectivity index (χ4v) is 1.88. The Morgan fingerprint density at radius 1 is 1.28 bits per heavy atom. The van der Waals surface area contributed by atoms with Crippen molar-refractivity contribution >= 4 is 22.8 Å². The molecule has 2 rings (SSSR count). The van der Waals surface area contributed by atoms with Gasteiger partial charge in [0, 0.05) is 11.6 Å². The third kappa shape index (κ3) is 2.51. The van der Waals surface area contributed by atoms with Crippen molar-refractivity contribution in [1.82, 2.24) is 0 Å². The van der Waals surface area contributed by atoms with Crippen molar-refractivity contribution in [3.8, 4) is 5.75 Å². The minimum atomic E-state index is -0.967. The average Bonchev–Trinajstić information content (AvgIpc) is 2.37. The predicted molar refractivity (Wildman–Crippen MR) is 71.8 cm³/mol. The molecule has 0 heterocycles. The van der Waals surface area contributed by atoms with Gasteiger partial charge in [0.05, 0.1) is 6.61 Å². The summed E-state index contributed by atoms with van der Waals surface area (Å²) in [5.74, 6) is -0.265. The molecule has 0 aliphatic rings. The summed E-state index contributed by atoms with van der Waals surface area (Å²) in [5.41, 5.74) is 0.803. The molecule has 0 unspecified atom stereocenters. The lowest BCUT2D eigenvalue weighted by Crippen LogP contribution is -1.95. The Hall–Kier alpha value is -2.29. The van der Waals surface area contributed by atoms with Crippen molar-refractivity contribution in [2.45, 2.75) is 6.92 Å². The molecule has 2 aromatic carbocycles. The maximum Gasteiger partial charge on any atom is 0.328 e. The minimum Gasteiger partial charge on any atom is -0.493 e. The van der Waals surface area contributed by atoms with Gasteiger partial charge in [-0.15, -0.1) is 0 Å². The molecule has 0 fully saturated rings. The average molecular weight is 242 g/mol. The zero-order chi connectivity index (χ0) is 13.0. The summed E-state index contributed by atoms with van der Waals surface area (Å²) in [5, 5.41) is 10.8. The first-order valence-electron chi connectivity index (χ1n) is 5.78. The normalized spacial score (nSPS) is 10.9. The summed E-state index contributed by atoms with van der Waals surface area (Å²) < 4.78 is 5.53. The number of hydrogen-bond donors (Lipinski definition) is 1. The highest BCUT2D eigenvalue weighted by Gasteiger charge is 2.06. The molecule has 1 N–H and O–H groups in total. The van der Waals surface area contributed by atoms with Gasteiger partial charge in [-0.2, -0.15) is 0 Å². The van der Waals surface area contributed by atoms with Gasteiger partial charge in [0.15, 0.2) is 0 Å². The summed E-state index contributed by atoms with van der Waals surface area (Å²) in [6, 6.07) is 11.7. The standard InChI is InChI=1S/C15H14O3/c1-2-18-14-9-7-11-5-3-4-6-12(11)13(14)8-10-15(16)17/h3-10H,2H2,1H3,(H,16,17)/b10-8+. The Labute approximate surface area is 105 Å². The molecule has 0 atom stereocenters. The van der Waals surface area contributed by atoms with E-state index >= 15 is 0 Å². The van der Waals surface area contributed by atoms with Crippen LogP contribution in [0.15, 0.2) is 42.5 Å². The van der Waals surface area contributed by atoms with Gasteiger partial charge in [0.2, 0.25) is 0 Å². The largest absolute Gasteiger partial charge is 0.493 e. The topological polar surface area (TPSA) is 46.5 Å². The molecule has 0 spiro atoms. The highest BCUT2D eigenvalue weighted by Crippen LogP contribution is 2.29. The highest BCUT2D eigenvalue weighted by atomic mass is 16.5. The second kappa shape index (κ2) is 5.36. The smallest absolute Gasteiger partial charge is 0.328 e. The predicted octanol–water partition coefficient (Wildman–Crippen LogP) is 3.34. The Morgan fingerprint density at radius 3 is 2.78 bits per heavy atom. The van der Waals surface area contributed by atoms with Gasteiger partial charge in [-0.05, 0) is 29.8 Å². The Bertz CT molecular complexity index is 600. The Morgan fingerprint density at radius 2 is 2.06 bits per heavy atom. The number of carboxylic acids is 1. The zero-order valence-corrected chi connectivity index (χ0v) is 10.1. The summed E-state index contributed by atoms with van der Waals surface area (Å²) in [6.07, 6.45) is 2.71. The van der Waals surface area contributed by atoms with E-state index in [1.165, 1.54) is 0 Å². The SMILES string of the molecule is CCOc1ccc2ccccc2c1/C=C/C(=O)O. The van der Waals surface area contributed by atoms with E-state index in [2.05, 4.69) is 0 Å². The molecular weight excluding hydrogens is 228 g/mol. The molecule has 0 saturated heterocycles. The lowest BCUT2D eigenvalue weighted by atomic mass is 10.0. The summed E-state index contributed by atoms with van der Waals surface area (Å²) in [7, 11) is 0. The molecule has 3 heteroatoms. The number of aliphatic carboxylic acids is 1. The Balaban J connectivity index is 2.62. The molecule has 0 aliphatic carbocycles. The van der Waals surface area contributed by atoms with Crippen LogP contribution < -0.4 is 4.74 Å². The number of rotatable bonds is 4. The quantitative estimate of drug-likeness (QED) is 0.836. The van der Waals surface area contributed by atoms with Crippen LogP contribution >= 0.6 is 0 Å². The van der Waals surface area contributed by atoms with E-state index in [-0.39, 0.29) is 0 Å². The van der Waals surface area contributed by atoms with Gasteiger partial charge in [0.25, 0.3) is 0 Å². The van der Waals surface area contributed by atoms with Gasteiger partial charge in [-0.1, -0.05) is 30.3 Å². The molecule has 0 saturated carbocycles. The Kier molecular flexibility index (Phi) is 3.63. The number of carbonyl (C=O) groups is 1. The van der Waals surface area contributed by atoms with Crippen LogP contribution in [0.25, 0.3) is 16.8 Å². The van der Waals surface area contributed by atoms with E-state index < -0.39 is 5.97 Å². The highest BCUT2D eigenvalue weighted by molar-refractivity contribution is 5.96. The van der Waals surface area contributed by atoms with Crippen LogP contribution in [0.1, 0.15) is 12.5 Å². The van der Waals surface area contributed by atoms with Crippen molar-refractivity contribution in [2.24, 2.45) is 0 Å². The fraction of sp³-hybridized carbons (Fsp3) is 0.133. The summed E-state index contributed by atoms with van der Waals surface area (Å²) in [4.78, 5) is 10.7. The molecule has 3 nitrogen and oxygen atoms in total. The first-order valence-corrected chi connectivity index (χ1v) is 5.78. The van der Waals surface area contributed by atoms with Crippen molar-refractivity contribution in [1.29, 1.82) is 0 Å². The summed E-state index contributed by atoms with van der Waals surface area (Å²) in [6.45, 7) is 2.45. The molecule has 2 aromatic rings. The van der Waals surface area contributed by atoms with Crippen molar-refractivity contribution in [3.05, 3.63) is 48.0 Å². The van der Waals surface area contributed by atoms with Crippen LogP contribution in [-0.2, 0) is 4.79 Å². The maximum atomic E-state index is 10.7. The molecule has 0 bridgehead atoms. The molecular formula is C15H14O3. The lowest BCUT2D eigenvalue weighted by Gasteiger charge is -2.10. The van der Waals surface area contributed by atoms with Crippen LogP contribution in [-0.4, -0.2) is 17.7 Å². The molecule has 0 aliphatic heterocycles. The number of ether oxygens (including phenoxy) is 1. The van der Waals surface area contributed by atoms with Crippen molar-refractivity contribution in [3.63, 3.8) is 0 Å². The molecule has 92 valence electrons. The second-order valence-corrected chi connectivity index (χ2v) is 3.80. The van der Waals surface area contributed by atoms with Crippen molar-refractivity contribution < 1.29 is 14.6 Å². The van der Waals surface area contributed by atoms with E-state index in [9.17, 15) is 4.79 Å². The van der Waals surface area contributed by atoms with E-state index in [4.69, 9.17) is 9.84 Å². The van der Waals surface area contributed by atoms with Crippen LogP contribution in [0.3, 0.4) is 0 Å². The van der Waals surface area contributed by atoms with Gasteiger partial charge in [0.1, 0.15) is 5.75 Å². The lowest BCUT2D eigenvalue weighted by molar-refractivity contribution is -0.131. The van der Waals surface area contributed by atoms with Gasteiger partial charge >= 0.3 is 5.97 Å². The molecule has 0 amide bonds. The van der Waals surface area contributed by atoms with Crippen molar-refractivity contribution in [2.75, 3.05) is 6.61 Å². The van der Waals surface area contributed by atoms with E-state index in [0.717, 1.165) is 22.4 Å². The van der Waals surface area contributed by atoms with Crippen LogP contribution in [0.2, 0.25) is 0 Å². The second-order valence-electron chi connectivity index (χ2n) is 3.80. The minimum absolute atomic E-state index is 0.548. The van der Waals surface area contributed by atoms with Crippen LogP contribution in [0.5, 0.6) is 5.75 Å². The fourth-order valence-electron chi connectivity index (χ4n) is 1.88. The first-order chi connectivity index (χ1) is 8.72. The van der Waals surface area contributed by atoms with Crippen LogP contribution in [0.4, 0.5) is 0 Å². The molecule has 0 aromatic heterocycles. The maximum absolute atomic E-state index is 10.7. The van der Waals surface area contributed by atoms with E-state index in [1.807, 2.05) is 43.3 Å². The molecule has 18 heavy (non-hydrogen) atoms. The number of fused-ring (bicyclic) bond motifs is 1. The van der Waals surface area contributed by atoms with Crippen LogP contribution in [0, 0.1) is 0 Å². The van der Waals surface area contributed by atoms with E-state index in [1.54, 1.807) is 6.08 Å². The van der Waals surface area contributed by atoms with Gasteiger partial charge < -0.3 is 9.84 Å². The number of hydrogen-bond acceptors (Lipinski definition) is 2. The zero-order valence-electron chi connectivity index (χ0n) is 10.1. The molecule has 0 radical (unpaired) electrons. The first kappa shape index (κ1) is 12.2. The monoisotopic (exact) mass is 242 g/mol. The summed E-state index contributed by atoms with van der Waals surface area (Å²) >= 11 is 0. The van der Waals surface area contributed by atoms with E-state index in [0.29, 0.717) is 12.4 Å².